The summed E-state index contributed by atoms with van der Waals surface area (Å²) >= 11 is 7.18. The van der Waals surface area contributed by atoms with Gasteiger partial charge in [0.1, 0.15) is 5.75 Å². The molecule has 0 amide bonds. The van der Waals surface area contributed by atoms with Crippen LogP contribution in [0, 0.1) is 0 Å². The van der Waals surface area contributed by atoms with Crippen LogP contribution >= 0.6 is 22.9 Å². The van der Waals surface area contributed by atoms with E-state index in [4.69, 9.17) is 16.3 Å². The van der Waals surface area contributed by atoms with E-state index in [1.54, 1.807) is 19.3 Å². The van der Waals surface area contributed by atoms with Crippen molar-refractivity contribution in [3.63, 3.8) is 0 Å². The number of fused-ring (bicyclic) bond motifs is 1. The summed E-state index contributed by atoms with van der Waals surface area (Å²) < 4.78 is 7.21. The molecular formula is C20H14ClN3O2S. The van der Waals surface area contributed by atoms with E-state index in [-0.39, 0.29) is 5.56 Å². The molecule has 27 heavy (non-hydrogen) atoms. The Balaban J connectivity index is 1.68. The molecule has 7 heteroatoms. The third kappa shape index (κ3) is 3.63. The zero-order valence-electron chi connectivity index (χ0n) is 14.3. The van der Waals surface area contributed by atoms with E-state index in [0.717, 1.165) is 11.1 Å². The van der Waals surface area contributed by atoms with Crippen molar-refractivity contribution in [2.75, 3.05) is 7.11 Å². The maximum absolute atomic E-state index is 12.6. The first kappa shape index (κ1) is 17.5. The number of benzene rings is 2. The van der Waals surface area contributed by atoms with Gasteiger partial charge >= 0.3 is 0 Å². The molecule has 4 aromatic rings. The van der Waals surface area contributed by atoms with Gasteiger partial charge in [-0.25, -0.2) is 0 Å². The monoisotopic (exact) mass is 395 g/mol. The highest BCUT2D eigenvalue weighted by Crippen LogP contribution is 2.18. The molecule has 0 aliphatic rings. The summed E-state index contributed by atoms with van der Waals surface area (Å²) in [7, 11) is 1.60. The second kappa shape index (κ2) is 7.34. The summed E-state index contributed by atoms with van der Waals surface area (Å²) in [6.07, 6.45) is 5.44. The first-order chi connectivity index (χ1) is 13.1. The van der Waals surface area contributed by atoms with Crippen LogP contribution in [0.4, 0.5) is 0 Å². The second-order valence-corrected chi connectivity index (χ2v) is 7.15. The number of hydrogen-bond donors (Lipinski definition) is 0. The van der Waals surface area contributed by atoms with Gasteiger partial charge in [-0.1, -0.05) is 59.3 Å². The molecule has 0 saturated carbocycles. The van der Waals surface area contributed by atoms with Gasteiger partial charge in [-0.2, -0.15) is 9.50 Å². The molecule has 0 radical (unpaired) electrons. The summed E-state index contributed by atoms with van der Waals surface area (Å²) in [5.41, 5.74) is 1.62. The van der Waals surface area contributed by atoms with Crippen LogP contribution in [-0.2, 0) is 0 Å². The van der Waals surface area contributed by atoms with Crippen LogP contribution in [0.3, 0.4) is 0 Å². The van der Waals surface area contributed by atoms with Crippen LogP contribution < -0.4 is 14.8 Å². The van der Waals surface area contributed by atoms with Crippen molar-refractivity contribution in [3.05, 3.63) is 85.4 Å². The number of ether oxygens (including phenoxy) is 1. The number of hydrogen-bond acceptors (Lipinski definition) is 5. The maximum Gasteiger partial charge on any atom is 0.291 e. The van der Waals surface area contributed by atoms with Crippen LogP contribution in [-0.4, -0.2) is 21.7 Å². The van der Waals surface area contributed by atoms with Gasteiger partial charge in [-0.05, 0) is 35.9 Å². The van der Waals surface area contributed by atoms with Crippen molar-refractivity contribution in [1.82, 2.24) is 14.6 Å². The molecule has 4 rings (SSSR count). The van der Waals surface area contributed by atoms with E-state index in [2.05, 4.69) is 10.1 Å². The van der Waals surface area contributed by atoms with Gasteiger partial charge in [0, 0.05) is 10.6 Å². The third-order valence-electron chi connectivity index (χ3n) is 3.92. The minimum absolute atomic E-state index is 0.195. The topological polar surface area (TPSA) is 56.5 Å². The van der Waals surface area contributed by atoms with Crippen molar-refractivity contribution in [3.8, 4) is 5.75 Å². The predicted molar refractivity (Wildman–Crippen MR) is 109 cm³/mol. The number of aromatic nitrogens is 3. The Bertz CT molecular complexity index is 1240. The molecule has 2 aromatic heterocycles. The van der Waals surface area contributed by atoms with E-state index >= 15 is 0 Å². The Kier molecular flexibility index (Phi) is 4.75. The van der Waals surface area contributed by atoms with Crippen molar-refractivity contribution >= 4 is 46.1 Å². The lowest BCUT2D eigenvalue weighted by atomic mass is 10.2. The lowest BCUT2D eigenvalue weighted by Crippen LogP contribution is -2.23. The fraction of sp³-hybridized carbons (Fsp3) is 0.0500. The van der Waals surface area contributed by atoms with Crippen LogP contribution in [0.2, 0.25) is 5.02 Å². The smallest absolute Gasteiger partial charge is 0.291 e. The van der Waals surface area contributed by atoms with Crippen molar-refractivity contribution in [2.24, 2.45) is 0 Å². The number of nitrogens with zero attached hydrogens (tertiary/aromatic N) is 3. The van der Waals surface area contributed by atoms with Crippen molar-refractivity contribution in [2.45, 2.75) is 0 Å². The van der Waals surface area contributed by atoms with E-state index in [1.807, 2.05) is 54.6 Å². The molecule has 2 aromatic carbocycles. The lowest BCUT2D eigenvalue weighted by Gasteiger charge is -2.02. The highest BCUT2D eigenvalue weighted by atomic mass is 35.5. The first-order valence-electron chi connectivity index (χ1n) is 8.12. The number of methoxy groups -OCH3 is 1. The Morgan fingerprint density at radius 2 is 1.89 bits per heavy atom. The van der Waals surface area contributed by atoms with Crippen molar-refractivity contribution < 1.29 is 4.74 Å². The van der Waals surface area contributed by atoms with E-state index in [0.29, 0.717) is 26.1 Å². The van der Waals surface area contributed by atoms with Crippen LogP contribution in [0.5, 0.6) is 5.75 Å². The Morgan fingerprint density at radius 1 is 1.11 bits per heavy atom. The van der Waals surface area contributed by atoms with E-state index in [9.17, 15) is 4.79 Å². The fourth-order valence-electron chi connectivity index (χ4n) is 2.59. The molecule has 2 heterocycles. The molecule has 0 aliphatic heterocycles. The fourth-order valence-corrected chi connectivity index (χ4v) is 3.62. The Labute approximate surface area is 163 Å². The largest absolute Gasteiger partial charge is 0.496 e. The highest BCUT2D eigenvalue weighted by Gasteiger charge is 2.09. The molecule has 0 unspecified atom stereocenters. The summed E-state index contributed by atoms with van der Waals surface area (Å²) in [5.74, 6) is 1.19. The van der Waals surface area contributed by atoms with Gasteiger partial charge in [0.25, 0.3) is 5.56 Å². The van der Waals surface area contributed by atoms with Gasteiger partial charge < -0.3 is 4.74 Å². The minimum Gasteiger partial charge on any atom is -0.496 e. The zero-order valence-corrected chi connectivity index (χ0v) is 15.9. The molecule has 0 fully saturated rings. The average molecular weight is 396 g/mol. The van der Waals surface area contributed by atoms with E-state index in [1.165, 1.54) is 15.9 Å². The van der Waals surface area contributed by atoms with Crippen LogP contribution in [0.25, 0.3) is 23.2 Å². The number of halogens is 1. The van der Waals surface area contributed by atoms with Gasteiger partial charge in [0.2, 0.25) is 4.96 Å². The standard InChI is InChI=1S/C20H14ClN3O2S/c1-26-16-5-3-2-4-14(16)12-17-19(25)24-20(27-17)22-18(23-24)11-8-13-6-9-15(21)10-7-13/h2-12H,1H3/b11-8+,17-12-. The summed E-state index contributed by atoms with van der Waals surface area (Å²) in [5, 5.41) is 4.97. The second-order valence-electron chi connectivity index (χ2n) is 5.71. The van der Waals surface area contributed by atoms with Crippen LogP contribution in [0.15, 0.2) is 53.3 Å². The Morgan fingerprint density at radius 3 is 2.63 bits per heavy atom. The van der Waals surface area contributed by atoms with Crippen LogP contribution in [0.1, 0.15) is 17.0 Å². The Hall–Kier alpha value is -2.96. The number of para-hydroxylation sites is 1. The molecular weight excluding hydrogens is 382 g/mol. The molecule has 0 saturated heterocycles. The normalized spacial score (nSPS) is 12.3. The SMILES string of the molecule is COc1ccccc1/C=c1\sc2nc(/C=C/c3ccc(Cl)cc3)nn2c1=O. The van der Waals surface area contributed by atoms with Gasteiger partial charge in [-0.3, -0.25) is 4.79 Å². The van der Waals surface area contributed by atoms with E-state index < -0.39 is 0 Å². The molecule has 0 spiro atoms. The summed E-state index contributed by atoms with van der Waals surface area (Å²) in [6.45, 7) is 0. The average Bonchev–Trinajstić information content (AvgIpc) is 3.21. The van der Waals surface area contributed by atoms with Gasteiger partial charge in [0.05, 0.1) is 11.6 Å². The molecule has 0 bridgehead atoms. The predicted octanol–water partition coefficient (Wildman–Crippen LogP) is 3.53. The number of thiazole rings is 1. The maximum atomic E-state index is 12.6. The summed E-state index contributed by atoms with van der Waals surface area (Å²) in [4.78, 5) is 17.6. The molecule has 0 N–H and O–H groups in total. The third-order valence-corrected chi connectivity index (χ3v) is 5.13. The molecule has 5 nitrogen and oxygen atoms in total. The minimum atomic E-state index is -0.195. The lowest BCUT2D eigenvalue weighted by molar-refractivity contribution is 0.414. The molecule has 0 aliphatic carbocycles. The quantitative estimate of drug-likeness (QED) is 0.530. The zero-order chi connectivity index (χ0) is 18.8. The molecule has 0 atom stereocenters. The number of rotatable bonds is 4. The first-order valence-corrected chi connectivity index (χ1v) is 9.31. The highest BCUT2D eigenvalue weighted by molar-refractivity contribution is 7.15. The van der Waals surface area contributed by atoms with Gasteiger partial charge in [0.15, 0.2) is 5.82 Å². The van der Waals surface area contributed by atoms with Gasteiger partial charge in [-0.15, -0.1) is 5.10 Å². The summed E-state index contributed by atoms with van der Waals surface area (Å²) in [6, 6.07) is 15.0. The van der Waals surface area contributed by atoms with Crippen molar-refractivity contribution in [1.29, 1.82) is 0 Å². The molecule has 134 valence electrons.